The van der Waals surface area contributed by atoms with Gasteiger partial charge in [-0.25, -0.2) is 4.68 Å². The fraction of sp³-hybridized carbons (Fsp3) is 0.304. The maximum atomic E-state index is 13.2. The quantitative estimate of drug-likeness (QED) is 0.652. The zero-order valence-electron chi connectivity index (χ0n) is 16.8. The second-order valence-electron chi connectivity index (χ2n) is 7.45. The fourth-order valence-electron chi connectivity index (χ4n) is 3.91. The molecule has 0 aliphatic carbocycles. The third-order valence-electron chi connectivity index (χ3n) is 5.52. The van der Waals surface area contributed by atoms with Gasteiger partial charge < -0.3 is 4.90 Å². The SMILES string of the molecule is Cc1nn(-c2ccccc2)c(C)c1C(=O)N1CCN(Cc2ccccc2Cl)CC1. The number of rotatable bonds is 4. The topological polar surface area (TPSA) is 41.4 Å². The number of nitrogens with zero attached hydrogens (tertiary/aromatic N) is 4. The molecule has 1 amide bonds. The minimum absolute atomic E-state index is 0.0691. The van der Waals surface area contributed by atoms with Crippen LogP contribution in [0.25, 0.3) is 5.69 Å². The highest BCUT2D eigenvalue weighted by Crippen LogP contribution is 2.22. The summed E-state index contributed by atoms with van der Waals surface area (Å²) in [5.41, 5.74) is 4.47. The number of amides is 1. The number of halogens is 1. The normalized spacial score (nSPS) is 14.9. The Morgan fingerprint density at radius 3 is 2.31 bits per heavy atom. The van der Waals surface area contributed by atoms with E-state index in [9.17, 15) is 4.79 Å². The lowest BCUT2D eigenvalue weighted by atomic mass is 10.1. The van der Waals surface area contributed by atoms with Gasteiger partial charge in [0.15, 0.2) is 0 Å². The van der Waals surface area contributed by atoms with Crippen LogP contribution in [-0.4, -0.2) is 51.7 Å². The van der Waals surface area contributed by atoms with E-state index < -0.39 is 0 Å². The molecule has 2 aromatic carbocycles. The Balaban J connectivity index is 1.45. The average Bonchev–Trinajstić information content (AvgIpc) is 3.04. The molecule has 1 saturated heterocycles. The van der Waals surface area contributed by atoms with Gasteiger partial charge in [-0.15, -0.1) is 0 Å². The number of aryl methyl sites for hydroxylation is 1. The number of hydrogen-bond acceptors (Lipinski definition) is 3. The Labute approximate surface area is 176 Å². The summed E-state index contributed by atoms with van der Waals surface area (Å²) in [5, 5.41) is 5.42. The van der Waals surface area contributed by atoms with Gasteiger partial charge in [0.1, 0.15) is 0 Å². The Morgan fingerprint density at radius 1 is 0.966 bits per heavy atom. The molecule has 1 aliphatic heterocycles. The van der Waals surface area contributed by atoms with E-state index in [4.69, 9.17) is 11.6 Å². The number of benzene rings is 2. The standard InChI is InChI=1S/C23H25ClN4O/c1-17-22(18(2)28(25-17)20-9-4-3-5-10-20)23(29)27-14-12-26(13-15-27)16-19-8-6-7-11-21(19)24/h3-11H,12-16H2,1-2H3. The molecule has 0 bridgehead atoms. The third-order valence-corrected chi connectivity index (χ3v) is 5.89. The van der Waals surface area contributed by atoms with Crippen molar-refractivity contribution < 1.29 is 4.79 Å². The van der Waals surface area contributed by atoms with E-state index in [0.29, 0.717) is 18.7 Å². The monoisotopic (exact) mass is 408 g/mol. The maximum absolute atomic E-state index is 13.2. The molecule has 29 heavy (non-hydrogen) atoms. The van der Waals surface area contributed by atoms with E-state index in [1.807, 2.05) is 72.0 Å². The van der Waals surface area contributed by atoms with E-state index in [1.54, 1.807) is 0 Å². The van der Waals surface area contributed by atoms with Crippen LogP contribution in [0.2, 0.25) is 5.02 Å². The summed E-state index contributed by atoms with van der Waals surface area (Å²) in [5.74, 6) is 0.0691. The third kappa shape index (κ3) is 4.07. The van der Waals surface area contributed by atoms with Crippen molar-refractivity contribution >= 4 is 17.5 Å². The minimum atomic E-state index is 0.0691. The Hall–Kier alpha value is -2.63. The van der Waals surface area contributed by atoms with Crippen molar-refractivity contribution in [3.05, 3.63) is 82.1 Å². The summed E-state index contributed by atoms with van der Waals surface area (Å²) >= 11 is 6.29. The summed E-state index contributed by atoms with van der Waals surface area (Å²) in [6.45, 7) is 7.77. The number of carbonyl (C=O) groups is 1. The summed E-state index contributed by atoms with van der Waals surface area (Å²) < 4.78 is 1.86. The molecule has 0 N–H and O–H groups in total. The molecule has 0 saturated carbocycles. The van der Waals surface area contributed by atoms with Crippen LogP contribution in [0.1, 0.15) is 27.3 Å². The van der Waals surface area contributed by atoms with Gasteiger partial charge in [-0.05, 0) is 37.6 Å². The van der Waals surface area contributed by atoms with Crippen molar-refractivity contribution in [1.29, 1.82) is 0 Å². The van der Waals surface area contributed by atoms with Gasteiger partial charge in [-0.1, -0.05) is 48.0 Å². The van der Waals surface area contributed by atoms with Crippen LogP contribution in [0.5, 0.6) is 0 Å². The molecular weight excluding hydrogens is 384 g/mol. The van der Waals surface area contributed by atoms with Crippen molar-refractivity contribution in [2.45, 2.75) is 20.4 Å². The van der Waals surface area contributed by atoms with Gasteiger partial charge >= 0.3 is 0 Å². The lowest BCUT2D eigenvalue weighted by molar-refractivity contribution is 0.0627. The minimum Gasteiger partial charge on any atom is -0.336 e. The van der Waals surface area contributed by atoms with Crippen LogP contribution in [0.3, 0.4) is 0 Å². The van der Waals surface area contributed by atoms with Crippen molar-refractivity contribution in [3.8, 4) is 5.69 Å². The zero-order chi connectivity index (χ0) is 20.4. The molecule has 150 valence electrons. The Bertz CT molecular complexity index is 1010. The number of carbonyl (C=O) groups excluding carboxylic acids is 1. The smallest absolute Gasteiger partial charge is 0.257 e. The van der Waals surface area contributed by atoms with Crippen LogP contribution in [0.4, 0.5) is 0 Å². The zero-order valence-corrected chi connectivity index (χ0v) is 17.6. The highest BCUT2D eigenvalue weighted by molar-refractivity contribution is 6.31. The highest BCUT2D eigenvalue weighted by atomic mass is 35.5. The molecule has 5 nitrogen and oxygen atoms in total. The van der Waals surface area contributed by atoms with Crippen molar-refractivity contribution in [1.82, 2.24) is 19.6 Å². The molecule has 1 aliphatic rings. The summed E-state index contributed by atoms with van der Waals surface area (Å²) in [6.07, 6.45) is 0. The molecule has 0 radical (unpaired) electrons. The second-order valence-corrected chi connectivity index (χ2v) is 7.86. The Kier molecular flexibility index (Phi) is 5.69. The molecule has 0 unspecified atom stereocenters. The van der Waals surface area contributed by atoms with Gasteiger partial charge in [0.2, 0.25) is 0 Å². The van der Waals surface area contributed by atoms with Crippen molar-refractivity contribution in [3.63, 3.8) is 0 Å². The van der Waals surface area contributed by atoms with E-state index in [-0.39, 0.29) is 5.91 Å². The summed E-state index contributed by atoms with van der Waals surface area (Å²) in [7, 11) is 0. The molecular formula is C23H25ClN4O. The van der Waals surface area contributed by atoms with Crippen molar-refractivity contribution in [2.24, 2.45) is 0 Å². The molecule has 3 aromatic rings. The Morgan fingerprint density at radius 2 is 1.62 bits per heavy atom. The van der Waals surface area contributed by atoms with Crippen LogP contribution in [0, 0.1) is 13.8 Å². The van der Waals surface area contributed by atoms with Crippen LogP contribution in [-0.2, 0) is 6.54 Å². The van der Waals surface area contributed by atoms with Gasteiger partial charge in [0.05, 0.1) is 22.6 Å². The van der Waals surface area contributed by atoms with Gasteiger partial charge in [-0.3, -0.25) is 9.69 Å². The first-order valence-electron chi connectivity index (χ1n) is 9.91. The van der Waals surface area contributed by atoms with Gasteiger partial charge in [-0.2, -0.15) is 5.10 Å². The number of hydrogen-bond donors (Lipinski definition) is 0. The number of aromatic nitrogens is 2. The van der Waals surface area contributed by atoms with E-state index in [2.05, 4.69) is 16.1 Å². The first-order chi connectivity index (χ1) is 14.0. The first kappa shape index (κ1) is 19.7. The lowest BCUT2D eigenvalue weighted by Crippen LogP contribution is -2.48. The molecule has 2 heterocycles. The predicted molar refractivity (Wildman–Crippen MR) is 116 cm³/mol. The largest absolute Gasteiger partial charge is 0.336 e. The van der Waals surface area contributed by atoms with Crippen LogP contribution >= 0.6 is 11.6 Å². The highest BCUT2D eigenvalue weighted by Gasteiger charge is 2.27. The lowest BCUT2D eigenvalue weighted by Gasteiger charge is -2.35. The van der Waals surface area contributed by atoms with E-state index in [0.717, 1.165) is 47.3 Å². The van der Waals surface area contributed by atoms with Crippen LogP contribution in [0.15, 0.2) is 54.6 Å². The van der Waals surface area contributed by atoms with E-state index >= 15 is 0 Å². The molecule has 4 rings (SSSR count). The van der Waals surface area contributed by atoms with E-state index in [1.165, 1.54) is 0 Å². The second kappa shape index (κ2) is 8.39. The summed E-state index contributed by atoms with van der Waals surface area (Å²) in [6, 6.07) is 17.9. The van der Waals surface area contributed by atoms with Crippen LogP contribution < -0.4 is 0 Å². The molecule has 0 atom stereocenters. The fourth-order valence-corrected chi connectivity index (χ4v) is 4.10. The summed E-state index contributed by atoms with van der Waals surface area (Å²) in [4.78, 5) is 17.5. The average molecular weight is 409 g/mol. The van der Waals surface area contributed by atoms with Crippen molar-refractivity contribution in [2.75, 3.05) is 26.2 Å². The van der Waals surface area contributed by atoms with Gasteiger partial charge in [0.25, 0.3) is 5.91 Å². The first-order valence-corrected chi connectivity index (χ1v) is 10.3. The maximum Gasteiger partial charge on any atom is 0.257 e. The molecule has 6 heteroatoms. The molecule has 0 spiro atoms. The van der Waals surface area contributed by atoms with Gasteiger partial charge in [0, 0.05) is 37.7 Å². The molecule has 1 aromatic heterocycles. The predicted octanol–water partition coefficient (Wildman–Crippen LogP) is 4.10. The molecule has 1 fully saturated rings. The number of piperazine rings is 1. The number of para-hydroxylation sites is 1.